The third kappa shape index (κ3) is 2.84. The average Bonchev–Trinajstić information content (AvgIpc) is 2.99. The first-order valence-electron chi connectivity index (χ1n) is 7.95. The third-order valence-electron chi connectivity index (χ3n) is 4.71. The molecule has 0 aliphatic carbocycles. The lowest BCUT2D eigenvalue weighted by Crippen LogP contribution is -2.59. The van der Waals surface area contributed by atoms with Crippen molar-refractivity contribution in [1.29, 1.82) is 0 Å². The molecule has 1 spiro atoms. The molecule has 0 radical (unpaired) electrons. The van der Waals surface area contributed by atoms with Crippen LogP contribution in [0.4, 0.5) is 0 Å². The smallest absolute Gasteiger partial charge is 0.274 e. The Labute approximate surface area is 135 Å². The summed E-state index contributed by atoms with van der Waals surface area (Å²) in [6.07, 6.45) is 6.88. The zero-order valence-electron chi connectivity index (χ0n) is 12.9. The molecule has 0 saturated carbocycles. The Bertz CT molecular complexity index is 684. The van der Waals surface area contributed by atoms with E-state index in [0.717, 1.165) is 32.5 Å². The van der Waals surface area contributed by atoms with E-state index in [1.807, 2.05) is 11.0 Å². The maximum Gasteiger partial charge on any atom is 0.274 e. The van der Waals surface area contributed by atoms with Crippen LogP contribution in [0.2, 0.25) is 0 Å². The minimum absolute atomic E-state index is 0.0322. The van der Waals surface area contributed by atoms with Gasteiger partial charge in [-0.2, -0.15) is 0 Å². The van der Waals surface area contributed by atoms with Gasteiger partial charge in [-0.3, -0.25) is 9.78 Å². The van der Waals surface area contributed by atoms with Crippen LogP contribution in [0, 0.1) is 5.41 Å². The molecule has 2 aliphatic rings. The Kier molecular flexibility index (Phi) is 3.58. The van der Waals surface area contributed by atoms with Crippen molar-refractivity contribution in [2.75, 3.05) is 19.7 Å². The molecule has 3 heterocycles. The fourth-order valence-corrected chi connectivity index (χ4v) is 3.60. The molecule has 2 aromatic rings. The van der Waals surface area contributed by atoms with Gasteiger partial charge in [0.15, 0.2) is 0 Å². The van der Waals surface area contributed by atoms with Crippen molar-refractivity contribution in [2.24, 2.45) is 5.41 Å². The largest absolute Gasteiger partial charge is 0.377 e. The van der Waals surface area contributed by atoms with Gasteiger partial charge in [0, 0.05) is 30.9 Å². The molecule has 1 amide bonds. The van der Waals surface area contributed by atoms with Gasteiger partial charge in [-0.15, -0.1) is 0 Å². The minimum Gasteiger partial charge on any atom is -0.377 e. The zero-order valence-corrected chi connectivity index (χ0v) is 12.9. The Balaban J connectivity index is 1.34. The van der Waals surface area contributed by atoms with Crippen LogP contribution in [-0.4, -0.2) is 46.6 Å². The number of carbonyl (C=O) groups is 1. The van der Waals surface area contributed by atoms with E-state index in [1.165, 1.54) is 11.8 Å². The maximum absolute atomic E-state index is 12.3. The molecule has 1 aromatic carbocycles. The summed E-state index contributed by atoms with van der Waals surface area (Å²) in [5.41, 5.74) is 1.86. The summed E-state index contributed by atoms with van der Waals surface area (Å²) in [6, 6.07) is 10.4. The van der Waals surface area contributed by atoms with Gasteiger partial charge in [-0.25, -0.2) is 4.98 Å². The second kappa shape index (κ2) is 5.74. The van der Waals surface area contributed by atoms with Crippen LogP contribution in [0.1, 0.15) is 22.5 Å². The summed E-state index contributed by atoms with van der Waals surface area (Å²) < 4.78 is 5.98. The van der Waals surface area contributed by atoms with Crippen LogP contribution in [0.5, 0.6) is 0 Å². The summed E-state index contributed by atoms with van der Waals surface area (Å²) in [7, 11) is 0. The van der Waals surface area contributed by atoms with Gasteiger partial charge in [0.1, 0.15) is 5.69 Å². The Morgan fingerprint density at radius 3 is 2.83 bits per heavy atom. The van der Waals surface area contributed by atoms with Crippen molar-refractivity contribution >= 4 is 5.91 Å². The third-order valence-corrected chi connectivity index (χ3v) is 4.71. The fraction of sp³-hybridized carbons (Fsp3) is 0.389. The quantitative estimate of drug-likeness (QED) is 0.869. The number of amides is 1. The molecule has 2 fully saturated rings. The molecule has 1 unspecified atom stereocenters. The number of benzene rings is 1. The minimum atomic E-state index is -0.0322. The van der Waals surface area contributed by atoms with Crippen LogP contribution >= 0.6 is 0 Å². The molecule has 118 valence electrons. The van der Waals surface area contributed by atoms with Crippen molar-refractivity contribution in [2.45, 2.75) is 18.9 Å². The summed E-state index contributed by atoms with van der Waals surface area (Å²) in [6.45, 7) is 2.26. The number of aromatic nitrogens is 2. The molecule has 4 rings (SSSR count). The number of likely N-dealkylation sites (tertiary alicyclic amines) is 1. The normalized spacial score (nSPS) is 22.1. The van der Waals surface area contributed by atoms with Gasteiger partial charge in [0.2, 0.25) is 0 Å². The van der Waals surface area contributed by atoms with E-state index in [9.17, 15) is 4.79 Å². The van der Waals surface area contributed by atoms with E-state index in [-0.39, 0.29) is 17.4 Å². The standard InChI is InChI=1S/C18H19N3O2/c22-17(16-10-19-6-7-20-16)21-11-18(12-21)9-15(23-13-18)8-14-4-2-1-3-5-14/h1-7,10,15H,8-9,11-13H2. The van der Waals surface area contributed by atoms with Crippen LogP contribution < -0.4 is 0 Å². The Hall–Kier alpha value is -2.27. The van der Waals surface area contributed by atoms with Crippen LogP contribution in [0.25, 0.3) is 0 Å². The highest BCUT2D eigenvalue weighted by atomic mass is 16.5. The lowest BCUT2D eigenvalue weighted by atomic mass is 9.77. The first-order chi connectivity index (χ1) is 11.2. The molecule has 23 heavy (non-hydrogen) atoms. The van der Waals surface area contributed by atoms with Crippen LogP contribution in [-0.2, 0) is 11.2 Å². The summed E-state index contributed by atoms with van der Waals surface area (Å²) in [4.78, 5) is 22.2. The number of carbonyl (C=O) groups excluding carboxylic acids is 1. The Morgan fingerprint density at radius 2 is 2.09 bits per heavy atom. The first kappa shape index (κ1) is 14.3. The molecule has 5 heteroatoms. The van der Waals surface area contributed by atoms with Crippen molar-refractivity contribution in [1.82, 2.24) is 14.9 Å². The van der Waals surface area contributed by atoms with Gasteiger partial charge in [-0.1, -0.05) is 30.3 Å². The molecule has 1 atom stereocenters. The number of nitrogens with zero attached hydrogens (tertiary/aromatic N) is 3. The van der Waals surface area contributed by atoms with E-state index in [4.69, 9.17) is 4.74 Å². The van der Waals surface area contributed by atoms with Gasteiger partial charge in [0.05, 0.1) is 18.9 Å². The molecule has 5 nitrogen and oxygen atoms in total. The molecular weight excluding hydrogens is 290 g/mol. The zero-order chi connectivity index (χ0) is 15.7. The summed E-state index contributed by atoms with van der Waals surface area (Å²) >= 11 is 0. The highest BCUT2D eigenvalue weighted by Crippen LogP contribution is 2.42. The second-order valence-corrected chi connectivity index (χ2v) is 6.58. The van der Waals surface area contributed by atoms with Crippen molar-refractivity contribution in [3.05, 3.63) is 60.2 Å². The summed E-state index contributed by atoms with van der Waals surface area (Å²) in [5, 5.41) is 0. The van der Waals surface area contributed by atoms with Gasteiger partial charge >= 0.3 is 0 Å². The average molecular weight is 309 g/mol. The highest BCUT2D eigenvalue weighted by Gasteiger charge is 2.50. The molecule has 2 aliphatic heterocycles. The molecule has 1 aromatic heterocycles. The molecular formula is C18H19N3O2. The van der Waals surface area contributed by atoms with Gasteiger partial charge in [0.25, 0.3) is 5.91 Å². The van der Waals surface area contributed by atoms with Crippen molar-refractivity contribution in [3.63, 3.8) is 0 Å². The fourth-order valence-electron chi connectivity index (χ4n) is 3.60. The number of hydrogen-bond acceptors (Lipinski definition) is 4. The highest BCUT2D eigenvalue weighted by molar-refractivity contribution is 5.92. The van der Waals surface area contributed by atoms with Gasteiger partial charge < -0.3 is 9.64 Å². The lowest BCUT2D eigenvalue weighted by molar-refractivity contribution is -0.00175. The van der Waals surface area contributed by atoms with Crippen LogP contribution in [0.3, 0.4) is 0 Å². The van der Waals surface area contributed by atoms with E-state index in [0.29, 0.717) is 5.69 Å². The number of ether oxygens (including phenoxy) is 1. The second-order valence-electron chi connectivity index (χ2n) is 6.58. The monoisotopic (exact) mass is 309 g/mol. The van der Waals surface area contributed by atoms with Crippen molar-refractivity contribution < 1.29 is 9.53 Å². The Morgan fingerprint density at radius 1 is 1.26 bits per heavy atom. The number of hydrogen-bond donors (Lipinski definition) is 0. The predicted molar refractivity (Wildman–Crippen MR) is 84.9 cm³/mol. The van der Waals surface area contributed by atoms with Crippen molar-refractivity contribution in [3.8, 4) is 0 Å². The first-order valence-corrected chi connectivity index (χ1v) is 7.95. The van der Waals surface area contributed by atoms with E-state index in [1.54, 1.807) is 12.4 Å². The summed E-state index contributed by atoms with van der Waals surface area (Å²) in [5.74, 6) is -0.0322. The molecule has 0 bridgehead atoms. The SMILES string of the molecule is O=C(c1cnccn1)N1CC2(COC(Cc3ccccc3)C2)C1. The van der Waals surface area contributed by atoms with E-state index in [2.05, 4.69) is 34.2 Å². The number of rotatable bonds is 3. The molecule has 2 saturated heterocycles. The predicted octanol–water partition coefficient (Wildman–Crippen LogP) is 1.95. The maximum atomic E-state index is 12.3. The topological polar surface area (TPSA) is 55.3 Å². The molecule has 0 N–H and O–H groups in total. The van der Waals surface area contributed by atoms with E-state index < -0.39 is 0 Å². The van der Waals surface area contributed by atoms with Gasteiger partial charge in [-0.05, 0) is 18.4 Å². The lowest BCUT2D eigenvalue weighted by Gasteiger charge is -2.47. The van der Waals surface area contributed by atoms with Crippen LogP contribution in [0.15, 0.2) is 48.9 Å². The van der Waals surface area contributed by atoms with E-state index >= 15 is 0 Å².